The lowest BCUT2D eigenvalue weighted by atomic mass is 10.0. The second-order valence-corrected chi connectivity index (χ2v) is 6.89. The minimum Gasteiger partial charge on any atom is -0.478 e. The Hall–Kier alpha value is -2.62. The fourth-order valence-corrected chi connectivity index (χ4v) is 3.22. The monoisotopic (exact) mass is 351 g/mol. The van der Waals surface area contributed by atoms with E-state index in [2.05, 4.69) is 31.2 Å². The predicted octanol–water partition coefficient (Wildman–Crippen LogP) is 4.07. The van der Waals surface area contributed by atoms with Gasteiger partial charge >= 0.3 is 5.97 Å². The second-order valence-electron chi connectivity index (χ2n) is 6.89. The Morgan fingerprint density at radius 2 is 1.69 bits per heavy atom. The number of aromatic carboxylic acids is 1. The van der Waals surface area contributed by atoms with E-state index in [0.29, 0.717) is 25.4 Å². The van der Waals surface area contributed by atoms with E-state index in [-0.39, 0.29) is 11.5 Å². The summed E-state index contributed by atoms with van der Waals surface area (Å²) in [5.41, 5.74) is 3.45. The third kappa shape index (κ3) is 4.51. The number of hydrogen-bond donors (Lipinski definition) is 1. The highest BCUT2D eigenvalue weighted by molar-refractivity contribution is 5.89. The highest BCUT2D eigenvalue weighted by atomic mass is 16.4. The summed E-state index contributed by atoms with van der Waals surface area (Å²) >= 11 is 0. The highest BCUT2D eigenvalue weighted by Gasteiger charge is 2.32. The molecule has 3 rings (SSSR count). The van der Waals surface area contributed by atoms with Gasteiger partial charge in [-0.15, -0.1) is 0 Å². The molecular formula is C22H25NO3. The van der Waals surface area contributed by atoms with Crippen molar-refractivity contribution in [3.63, 3.8) is 0 Å². The fraction of sp³-hybridized carbons (Fsp3) is 0.364. The molecule has 26 heavy (non-hydrogen) atoms. The minimum atomic E-state index is -0.942. The highest BCUT2D eigenvalue weighted by Crippen LogP contribution is 2.29. The number of carbonyl (C=O) groups is 2. The van der Waals surface area contributed by atoms with Crippen LogP contribution in [0.15, 0.2) is 48.5 Å². The second kappa shape index (κ2) is 8.17. The first-order valence-electron chi connectivity index (χ1n) is 9.27. The quantitative estimate of drug-likeness (QED) is 0.780. The number of aryl methyl sites for hydroxylation is 2. The zero-order chi connectivity index (χ0) is 18.5. The van der Waals surface area contributed by atoms with Gasteiger partial charge in [0.1, 0.15) is 0 Å². The summed E-state index contributed by atoms with van der Waals surface area (Å²) in [7, 11) is 0. The summed E-state index contributed by atoms with van der Waals surface area (Å²) in [6.45, 7) is 2.76. The zero-order valence-electron chi connectivity index (χ0n) is 15.1. The van der Waals surface area contributed by atoms with Crippen molar-refractivity contribution in [1.82, 2.24) is 4.90 Å². The van der Waals surface area contributed by atoms with Crippen molar-refractivity contribution >= 4 is 11.9 Å². The first-order chi connectivity index (χ1) is 12.6. The molecule has 4 nitrogen and oxygen atoms in total. The number of benzene rings is 2. The van der Waals surface area contributed by atoms with E-state index < -0.39 is 5.97 Å². The zero-order valence-corrected chi connectivity index (χ0v) is 15.1. The lowest BCUT2D eigenvalue weighted by Gasteiger charge is -2.23. The molecule has 4 heteroatoms. The third-order valence-corrected chi connectivity index (χ3v) is 4.95. The van der Waals surface area contributed by atoms with E-state index in [1.54, 1.807) is 18.2 Å². The summed E-state index contributed by atoms with van der Waals surface area (Å²) in [5, 5.41) is 9.28. The van der Waals surface area contributed by atoms with Crippen molar-refractivity contribution in [1.29, 1.82) is 0 Å². The van der Waals surface area contributed by atoms with Crippen molar-refractivity contribution in [3.05, 3.63) is 70.8 Å². The van der Waals surface area contributed by atoms with Gasteiger partial charge in [0.2, 0.25) is 5.91 Å². The van der Waals surface area contributed by atoms with Crippen LogP contribution in [0.3, 0.4) is 0 Å². The average molecular weight is 351 g/mol. The van der Waals surface area contributed by atoms with E-state index in [9.17, 15) is 14.7 Å². The van der Waals surface area contributed by atoms with E-state index >= 15 is 0 Å². The molecule has 0 saturated heterocycles. The van der Waals surface area contributed by atoms with Gasteiger partial charge in [-0.3, -0.25) is 4.79 Å². The molecule has 0 aliphatic heterocycles. The van der Waals surface area contributed by atoms with E-state index in [1.165, 1.54) is 5.56 Å². The van der Waals surface area contributed by atoms with Crippen LogP contribution < -0.4 is 0 Å². The maximum atomic E-state index is 12.8. The summed E-state index contributed by atoms with van der Waals surface area (Å²) in [5.74, 6) is -0.838. The average Bonchev–Trinajstić information content (AvgIpc) is 3.50. The van der Waals surface area contributed by atoms with Crippen molar-refractivity contribution in [2.75, 3.05) is 0 Å². The molecule has 1 aliphatic rings. The number of hydrogen-bond acceptors (Lipinski definition) is 2. The number of nitrogens with zero attached hydrogens (tertiary/aromatic N) is 1. The molecule has 1 saturated carbocycles. The molecule has 0 atom stereocenters. The maximum Gasteiger partial charge on any atom is 0.335 e. The molecule has 2 aromatic carbocycles. The molecule has 1 aliphatic carbocycles. The molecule has 0 heterocycles. The van der Waals surface area contributed by atoms with Gasteiger partial charge in [-0.1, -0.05) is 49.4 Å². The summed E-state index contributed by atoms with van der Waals surface area (Å²) in [6, 6.07) is 15.7. The Morgan fingerprint density at radius 3 is 2.31 bits per heavy atom. The molecule has 1 N–H and O–H groups in total. The molecule has 1 fully saturated rings. The van der Waals surface area contributed by atoms with Crippen LogP contribution in [0.2, 0.25) is 0 Å². The van der Waals surface area contributed by atoms with Crippen molar-refractivity contribution in [3.8, 4) is 0 Å². The first kappa shape index (κ1) is 18.2. The van der Waals surface area contributed by atoms with Gasteiger partial charge in [-0.05, 0) is 48.4 Å². The van der Waals surface area contributed by atoms with Crippen LogP contribution in [0.25, 0.3) is 0 Å². The lowest BCUT2D eigenvalue weighted by molar-refractivity contribution is -0.132. The van der Waals surface area contributed by atoms with Crippen LogP contribution in [-0.2, 0) is 24.2 Å². The number of carboxylic acids is 1. The molecule has 1 amide bonds. The van der Waals surface area contributed by atoms with Gasteiger partial charge in [0, 0.05) is 19.0 Å². The van der Waals surface area contributed by atoms with E-state index in [4.69, 9.17) is 0 Å². The number of amides is 1. The first-order valence-corrected chi connectivity index (χ1v) is 9.27. The van der Waals surface area contributed by atoms with Crippen LogP contribution in [-0.4, -0.2) is 27.9 Å². The maximum absolute atomic E-state index is 12.8. The molecule has 0 aromatic heterocycles. The molecular weight excluding hydrogens is 326 g/mol. The topological polar surface area (TPSA) is 57.6 Å². The Balaban J connectivity index is 1.65. The van der Waals surface area contributed by atoms with Gasteiger partial charge in [-0.2, -0.15) is 0 Å². The van der Waals surface area contributed by atoms with Gasteiger partial charge in [0.25, 0.3) is 0 Å². The lowest BCUT2D eigenvalue weighted by Crippen LogP contribution is -2.32. The molecule has 0 spiro atoms. The molecule has 2 aromatic rings. The van der Waals surface area contributed by atoms with E-state index in [1.807, 2.05) is 11.0 Å². The molecule has 136 valence electrons. The number of carboxylic acid groups (broad SMARTS) is 1. The Kier molecular flexibility index (Phi) is 5.71. The van der Waals surface area contributed by atoms with Gasteiger partial charge in [0.05, 0.1) is 5.56 Å². The van der Waals surface area contributed by atoms with Crippen molar-refractivity contribution in [2.24, 2.45) is 0 Å². The minimum absolute atomic E-state index is 0.104. The summed E-state index contributed by atoms with van der Waals surface area (Å²) < 4.78 is 0. The van der Waals surface area contributed by atoms with Crippen LogP contribution in [0, 0.1) is 0 Å². The largest absolute Gasteiger partial charge is 0.478 e. The van der Waals surface area contributed by atoms with Crippen LogP contribution >= 0.6 is 0 Å². The van der Waals surface area contributed by atoms with Gasteiger partial charge in [0.15, 0.2) is 0 Å². The standard InChI is InChI=1S/C22H25NO3/c1-2-16-7-9-17(10-8-16)15-23(19-12-13-19)21(24)14-11-18-5-3-4-6-20(18)22(25)26/h3-10,19H,2,11-15H2,1H3,(H,25,26). The SMILES string of the molecule is CCc1ccc(CN(C(=O)CCc2ccccc2C(=O)O)C2CC2)cc1. The Bertz CT molecular complexity index is 778. The Labute approximate surface area is 154 Å². The van der Waals surface area contributed by atoms with E-state index in [0.717, 1.165) is 30.4 Å². The van der Waals surface area contributed by atoms with Crippen molar-refractivity contribution in [2.45, 2.75) is 51.6 Å². The molecule has 0 radical (unpaired) electrons. The van der Waals surface area contributed by atoms with Crippen LogP contribution in [0.5, 0.6) is 0 Å². The predicted molar refractivity (Wildman–Crippen MR) is 101 cm³/mol. The molecule has 0 bridgehead atoms. The fourth-order valence-electron chi connectivity index (χ4n) is 3.22. The third-order valence-electron chi connectivity index (χ3n) is 4.95. The number of rotatable bonds is 8. The van der Waals surface area contributed by atoms with Crippen LogP contribution in [0.1, 0.15) is 53.2 Å². The van der Waals surface area contributed by atoms with Gasteiger partial charge in [-0.25, -0.2) is 4.79 Å². The molecule has 0 unspecified atom stereocenters. The van der Waals surface area contributed by atoms with Crippen LogP contribution in [0.4, 0.5) is 0 Å². The summed E-state index contributed by atoms with van der Waals surface area (Å²) in [4.78, 5) is 26.1. The number of carbonyl (C=O) groups excluding carboxylic acids is 1. The van der Waals surface area contributed by atoms with Gasteiger partial charge < -0.3 is 10.0 Å². The van der Waals surface area contributed by atoms with Crippen molar-refractivity contribution < 1.29 is 14.7 Å². The Morgan fingerprint density at radius 1 is 1.04 bits per heavy atom. The summed E-state index contributed by atoms with van der Waals surface area (Å²) in [6.07, 6.45) is 3.93. The normalized spacial score (nSPS) is 13.4. The smallest absolute Gasteiger partial charge is 0.335 e.